The van der Waals surface area contributed by atoms with Crippen LogP contribution in [0.5, 0.6) is 11.6 Å². The number of carbonyl (C=O) groups excluding carboxylic acids is 2. The summed E-state index contributed by atoms with van der Waals surface area (Å²) in [7, 11) is 1.61. The summed E-state index contributed by atoms with van der Waals surface area (Å²) in [5.41, 5.74) is 1.38. The summed E-state index contributed by atoms with van der Waals surface area (Å²) >= 11 is 0. The Labute approximate surface area is 170 Å². The fourth-order valence-corrected chi connectivity index (χ4v) is 3.00. The van der Waals surface area contributed by atoms with Crippen LogP contribution in [0.2, 0.25) is 0 Å². The molecule has 2 N–H and O–H groups in total. The van der Waals surface area contributed by atoms with Crippen molar-refractivity contribution in [2.75, 3.05) is 30.8 Å². The summed E-state index contributed by atoms with van der Waals surface area (Å²) in [6, 6.07) is 10.6. The second-order valence-electron chi connectivity index (χ2n) is 6.75. The van der Waals surface area contributed by atoms with E-state index < -0.39 is 0 Å². The van der Waals surface area contributed by atoms with Gasteiger partial charge in [0, 0.05) is 44.1 Å². The van der Waals surface area contributed by atoms with E-state index in [2.05, 4.69) is 15.6 Å². The van der Waals surface area contributed by atoms with Gasteiger partial charge in [-0.3, -0.25) is 4.79 Å². The highest BCUT2D eigenvalue weighted by Crippen LogP contribution is 2.20. The summed E-state index contributed by atoms with van der Waals surface area (Å²) < 4.78 is 11.0. The van der Waals surface area contributed by atoms with Crippen LogP contribution in [0.4, 0.5) is 16.2 Å². The zero-order valence-corrected chi connectivity index (χ0v) is 16.7. The molecule has 8 heteroatoms. The number of urea groups is 1. The molecule has 1 aliphatic heterocycles. The first kappa shape index (κ1) is 20.4. The van der Waals surface area contributed by atoms with E-state index in [0.717, 1.165) is 24.3 Å². The van der Waals surface area contributed by atoms with Gasteiger partial charge in [-0.2, -0.15) is 0 Å². The van der Waals surface area contributed by atoms with Gasteiger partial charge in [-0.25, -0.2) is 9.78 Å². The highest BCUT2D eigenvalue weighted by molar-refractivity contribution is 5.90. The van der Waals surface area contributed by atoms with Crippen LogP contribution in [0.25, 0.3) is 0 Å². The third-order valence-corrected chi connectivity index (χ3v) is 4.70. The fourth-order valence-electron chi connectivity index (χ4n) is 3.00. The molecule has 1 saturated heterocycles. The van der Waals surface area contributed by atoms with E-state index in [4.69, 9.17) is 9.47 Å². The summed E-state index contributed by atoms with van der Waals surface area (Å²) in [6.45, 7) is 3.01. The van der Waals surface area contributed by atoms with E-state index in [9.17, 15) is 9.59 Å². The summed E-state index contributed by atoms with van der Waals surface area (Å²) in [5, 5.41) is 5.65. The molecule has 3 amide bonds. The third-order valence-electron chi connectivity index (χ3n) is 4.70. The minimum atomic E-state index is -0.122. The molecule has 8 nitrogen and oxygen atoms in total. The Morgan fingerprint density at radius 3 is 2.34 bits per heavy atom. The number of anilines is 2. The first-order valence-corrected chi connectivity index (χ1v) is 9.70. The van der Waals surface area contributed by atoms with Crippen molar-refractivity contribution < 1.29 is 19.1 Å². The molecule has 3 rings (SSSR count). The van der Waals surface area contributed by atoms with Crippen molar-refractivity contribution in [2.24, 2.45) is 0 Å². The van der Waals surface area contributed by atoms with Crippen molar-refractivity contribution in [2.45, 2.75) is 32.3 Å². The van der Waals surface area contributed by atoms with Crippen molar-refractivity contribution in [1.82, 2.24) is 9.88 Å². The number of methoxy groups -OCH3 is 1. The molecule has 0 spiro atoms. The molecule has 0 bridgehead atoms. The Balaban J connectivity index is 1.44. The Kier molecular flexibility index (Phi) is 6.89. The number of amides is 3. The van der Waals surface area contributed by atoms with Gasteiger partial charge in [0.1, 0.15) is 11.9 Å². The molecule has 1 aromatic heterocycles. The largest absolute Gasteiger partial charge is 0.497 e. The minimum absolute atomic E-state index is 0.00335. The Morgan fingerprint density at radius 1 is 1.07 bits per heavy atom. The maximum Gasteiger partial charge on any atom is 0.321 e. The number of likely N-dealkylation sites (tertiary alicyclic amines) is 1. The first-order valence-electron chi connectivity index (χ1n) is 9.70. The van der Waals surface area contributed by atoms with Crippen molar-refractivity contribution >= 4 is 23.3 Å². The van der Waals surface area contributed by atoms with Gasteiger partial charge >= 0.3 is 6.03 Å². The number of piperidine rings is 1. The number of pyridine rings is 1. The number of hydrogen-bond donors (Lipinski definition) is 2. The van der Waals surface area contributed by atoms with Crippen LogP contribution in [-0.4, -0.2) is 48.1 Å². The van der Waals surface area contributed by atoms with E-state index >= 15 is 0 Å². The molecule has 1 aliphatic rings. The van der Waals surface area contributed by atoms with Gasteiger partial charge in [-0.1, -0.05) is 6.92 Å². The Hall–Kier alpha value is -3.29. The van der Waals surface area contributed by atoms with Crippen molar-refractivity contribution in [1.29, 1.82) is 0 Å². The molecule has 0 radical (unpaired) electrons. The van der Waals surface area contributed by atoms with Crippen LogP contribution in [0.1, 0.15) is 26.2 Å². The third kappa shape index (κ3) is 5.84. The molecule has 0 unspecified atom stereocenters. The Morgan fingerprint density at radius 2 is 1.76 bits per heavy atom. The second kappa shape index (κ2) is 9.77. The maximum absolute atomic E-state index is 12.4. The molecule has 2 aromatic rings. The summed E-state index contributed by atoms with van der Waals surface area (Å²) in [4.78, 5) is 29.9. The van der Waals surface area contributed by atoms with Crippen LogP contribution in [0, 0.1) is 0 Å². The van der Waals surface area contributed by atoms with E-state index in [-0.39, 0.29) is 18.0 Å². The summed E-state index contributed by atoms with van der Waals surface area (Å²) in [5.74, 6) is 1.21. The van der Waals surface area contributed by atoms with Crippen LogP contribution >= 0.6 is 0 Å². The van der Waals surface area contributed by atoms with Crippen LogP contribution in [-0.2, 0) is 4.79 Å². The van der Waals surface area contributed by atoms with Gasteiger partial charge in [0.2, 0.25) is 11.8 Å². The number of rotatable bonds is 6. The van der Waals surface area contributed by atoms with Gasteiger partial charge in [-0.15, -0.1) is 0 Å². The van der Waals surface area contributed by atoms with Crippen LogP contribution in [0.3, 0.4) is 0 Å². The molecule has 154 valence electrons. The van der Waals surface area contributed by atoms with Crippen molar-refractivity contribution in [3.8, 4) is 11.6 Å². The maximum atomic E-state index is 12.4. The van der Waals surface area contributed by atoms with Gasteiger partial charge in [0.25, 0.3) is 0 Å². The molecular weight excluding hydrogens is 372 g/mol. The number of hydrogen-bond acceptors (Lipinski definition) is 5. The SMILES string of the molecule is CCC(=O)Nc1ccc(OC2CCN(C(=O)Nc3ccc(OC)cc3)CC2)nc1. The number of carbonyl (C=O) groups is 2. The van der Waals surface area contributed by atoms with Gasteiger partial charge in [-0.05, 0) is 30.3 Å². The molecule has 1 fully saturated rings. The van der Waals surface area contributed by atoms with Gasteiger partial charge in [0.05, 0.1) is 19.0 Å². The summed E-state index contributed by atoms with van der Waals surface area (Å²) in [6.07, 6.45) is 3.46. The first-order chi connectivity index (χ1) is 14.1. The quantitative estimate of drug-likeness (QED) is 0.777. The molecule has 2 heterocycles. The van der Waals surface area contributed by atoms with E-state index in [1.165, 1.54) is 0 Å². The predicted octanol–water partition coefficient (Wildman–Crippen LogP) is 3.51. The normalized spacial score (nSPS) is 14.2. The van der Waals surface area contributed by atoms with Gasteiger partial charge < -0.3 is 25.0 Å². The number of benzene rings is 1. The number of aromatic nitrogens is 1. The fraction of sp³-hybridized carbons (Fsp3) is 0.381. The average Bonchev–Trinajstić information content (AvgIpc) is 2.76. The highest BCUT2D eigenvalue weighted by Gasteiger charge is 2.24. The smallest absolute Gasteiger partial charge is 0.321 e. The molecular formula is C21H26N4O4. The minimum Gasteiger partial charge on any atom is -0.497 e. The van der Waals surface area contributed by atoms with Crippen LogP contribution < -0.4 is 20.1 Å². The highest BCUT2D eigenvalue weighted by atomic mass is 16.5. The molecule has 29 heavy (non-hydrogen) atoms. The lowest BCUT2D eigenvalue weighted by molar-refractivity contribution is -0.115. The number of nitrogens with zero attached hydrogens (tertiary/aromatic N) is 2. The van der Waals surface area contributed by atoms with Crippen molar-refractivity contribution in [3.63, 3.8) is 0 Å². The lowest BCUT2D eigenvalue weighted by atomic mass is 10.1. The van der Waals surface area contributed by atoms with E-state index in [1.807, 2.05) is 24.3 Å². The lowest BCUT2D eigenvalue weighted by Gasteiger charge is -2.32. The topological polar surface area (TPSA) is 92.8 Å². The van der Waals surface area contributed by atoms with Gasteiger partial charge in [0.15, 0.2) is 0 Å². The molecule has 0 aliphatic carbocycles. The lowest BCUT2D eigenvalue weighted by Crippen LogP contribution is -2.43. The standard InChI is InChI=1S/C21H26N4O4/c1-3-19(26)23-16-6-9-20(22-14-16)29-18-10-12-25(13-11-18)21(27)24-15-4-7-17(28-2)8-5-15/h4-9,14,18H,3,10-13H2,1-2H3,(H,23,26)(H,24,27). The van der Waals surface area contributed by atoms with E-state index in [1.54, 1.807) is 37.3 Å². The zero-order valence-electron chi connectivity index (χ0n) is 16.7. The molecule has 1 aromatic carbocycles. The number of nitrogens with one attached hydrogen (secondary N) is 2. The zero-order chi connectivity index (χ0) is 20.6. The molecule has 0 atom stereocenters. The average molecular weight is 398 g/mol. The second-order valence-corrected chi connectivity index (χ2v) is 6.75. The van der Waals surface area contributed by atoms with Crippen molar-refractivity contribution in [3.05, 3.63) is 42.6 Å². The predicted molar refractivity (Wildman–Crippen MR) is 110 cm³/mol. The monoisotopic (exact) mass is 398 g/mol. The Bertz CT molecular complexity index is 816. The van der Waals surface area contributed by atoms with E-state index in [0.29, 0.717) is 31.1 Å². The molecule has 0 saturated carbocycles. The number of ether oxygens (including phenoxy) is 2. The van der Waals surface area contributed by atoms with Crippen LogP contribution in [0.15, 0.2) is 42.6 Å².